The molecular weight excluding hydrogens is 407 g/mol. The third kappa shape index (κ3) is 4.16. The van der Waals surface area contributed by atoms with Gasteiger partial charge in [-0.05, 0) is 30.3 Å². The summed E-state index contributed by atoms with van der Waals surface area (Å²) in [6.45, 7) is 1.30. The molecule has 0 spiro atoms. The van der Waals surface area contributed by atoms with Crippen LogP contribution in [0.25, 0.3) is 0 Å². The van der Waals surface area contributed by atoms with Crippen LogP contribution in [0.4, 0.5) is 5.69 Å². The highest BCUT2D eigenvalue weighted by Gasteiger charge is 2.27. The number of hydrogen-bond donors (Lipinski definition) is 1. The molecule has 0 radical (unpaired) electrons. The van der Waals surface area contributed by atoms with Gasteiger partial charge in [0.05, 0.1) is 38.0 Å². The summed E-state index contributed by atoms with van der Waals surface area (Å²) >= 11 is 13.1. The fourth-order valence-corrected chi connectivity index (χ4v) is 4.85. The van der Waals surface area contributed by atoms with Gasteiger partial charge in [0.2, 0.25) is 10.0 Å². The zero-order chi connectivity index (χ0) is 18.0. The number of halogens is 2. The number of benzene rings is 1. The number of morpholine rings is 1. The first-order valence-electron chi connectivity index (χ1n) is 7.32. The van der Waals surface area contributed by atoms with Crippen molar-refractivity contribution < 1.29 is 17.9 Å². The molecule has 0 aliphatic carbocycles. The lowest BCUT2D eigenvalue weighted by molar-refractivity contribution is 0.0730. The molecule has 1 amide bonds. The zero-order valence-electron chi connectivity index (χ0n) is 12.9. The molecule has 1 aromatic carbocycles. The zero-order valence-corrected chi connectivity index (χ0v) is 16.0. The number of amides is 1. The average molecular weight is 421 g/mol. The van der Waals surface area contributed by atoms with E-state index in [4.69, 9.17) is 27.9 Å². The van der Waals surface area contributed by atoms with Gasteiger partial charge < -0.3 is 10.1 Å². The van der Waals surface area contributed by atoms with Crippen molar-refractivity contribution in [2.24, 2.45) is 0 Å². The van der Waals surface area contributed by atoms with E-state index in [9.17, 15) is 13.2 Å². The van der Waals surface area contributed by atoms with Crippen LogP contribution in [0.15, 0.2) is 35.2 Å². The molecule has 0 bridgehead atoms. The number of thiophene rings is 1. The molecular formula is C15H14Cl2N2O4S2. The van der Waals surface area contributed by atoms with Gasteiger partial charge in [-0.15, -0.1) is 11.3 Å². The van der Waals surface area contributed by atoms with Gasteiger partial charge in [-0.25, -0.2) is 8.42 Å². The van der Waals surface area contributed by atoms with Gasteiger partial charge in [-0.3, -0.25) is 4.79 Å². The second-order valence-corrected chi connectivity index (χ2v) is 9.28. The Morgan fingerprint density at radius 1 is 1.16 bits per heavy atom. The fourth-order valence-electron chi connectivity index (χ4n) is 2.32. The predicted molar refractivity (Wildman–Crippen MR) is 98.3 cm³/mol. The van der Waals surface area contributed by atoms with Crippen LogP contribution in [0.5, 0.6) is 0 Å². The Bertz CT molecular complexity index is 893. The number of rotatable bonds is 4. The van der Waals surface area contributed by atoms with Crippen molar-refractivity contribution in [3.8, 4) is 0 Å². The topological polar surface area (TPSA) is 75.7 Å². The minimum Gasteiger partial charge on any atom is -0.379 e. The van der Waals surface area contributed by atoms with Crippen LogP contribution in [0.2, 0.25) is 9.36 Å². The van der Waals surface area contributed by atoms with Crippen LogP contribution < -0.4 is 5.32 Å². The van der Waals surface area contributed by atoms with Crippen LogP contribution in [0, 0.1) is 0 Å². The summed E-state index contributed by atoms with van der Waals surface area (Å²) in [5.41, 5.74) is 0.227. The molecule has 1 N–H and O–H groups in total. The molecule has 0 atom stereocenters. The van der Waals surface area contributed by atoms with Crippen molar-refractivity contribution in [1.82, 2.24) is 4.31 Å². The van der Waals surface area contributed by atoms with E-state index >= 15 is 0 Å². The molecule has 3 rings (SSSR count). The highest BCUT2D eigenvalue weighted by molar-refractivity contribution is 7.89. The van der Waals surface area contributed by atoms with E-state index in [2.05, 4.69) is 5.32 Å². The third-order valence-corrected chi connectivity index (χ3v) is 7.04. The first-order valence-corrected chi connectivity index (χ1v) is 10.3. The molecule has 2 aromatic rings. The Balaban J connectivity index is 1.86. The van der Waals surface area contributed by atoms with Crippen molar-refractivity contribution in [3.05, 3.63) is 44.6 Å². The average Bonchev–Trinajstić information content (AvgIpc) is 3.04. The molecule has 1 aliphatic heterocycles. The van der Waals surface area contributed by atoms with E-state index in [0.29, 0.717) is 35.5 Å². The van der Waals surface area contributed by atoms with Crippen molar-refractivity contribution in [3.63, 3.8) is 0 Å². The van der Waals surface area contributed by atoms with Gasteiger partial charge in [-0.2, -0.15) is 4.31 Å². The summed E-state index contributed by atoms with van der Waals surface area (Å²) in [5, 5.41) is 2.88. The number of nitrogens with one attached hydrogen (secondary N) is 1. The molecule has 1 fully saturated rings. The molecule has 1 saturated heterocycles. The van der Waals surface area contributed by atoms with Gasteiger partial charge in [-0.1, -0.05) is 23.2 Å². The minimum atomic E-state index is -3.67. The Hall–Kier alpha value is -1.16. The van der Waals surface area contributed by atoms with Gasteiger partial charge in [0.1, 0.15) is 0 Å². The number of sulfonamides is 1. The molecule has 2 heterocycles. The number of nitrogens with zero attached hydrogens (tertiary/aromatic N) is 1. The van der Waals surface area contributed by atoms with Crippen molar-refractivity contribution in [2.75, 3.05) is 31.6 Å². The van der Waals surface area contributed by atoms with Crippen LogP contribution in [-0.4, -0.2) is 44.9 Å². The SMILES string of the molecule is O=C(Nc1cc(S(=O)(=O)N2CCOCC2)ccc1Cl)c1ccc(Cl)s1. The lowest BCUT2D eigenvalue weighted by Crippen LogP contribution is -2.40. The smallest absolute Gasteiger partial charge is 0.265 e. The second-order valence-electron chi connectivity index (χ2n) is 5.22. The Kier molecular flexibility index (Phi) is 5.67. The highest BCUT2D eigenvalue weighted by Crippen LogP contribution is 2.29. The Labute approximate surface area is 159 Å². The largest absolute Gasteiger partial charge is 0.379 e. The molecule has 1 aromatic heterocycles. The van der Waals surface area contributed by atoms with E-state index in [1.54, 1.807) is 12.1 Å². The maximum atomic E-state index is 12.7. The summed E-state index contributed by atoms with van der Waals surface area (Å²) in [5.74, 6) is -0.403. The van der Waals surface area contributed by atoms with E-state index < -0.39 is 15.9 Å². The van der Waals surface area contributed by atoms with E-state index in [-0.39, 0.29) is 15.6 Å². The summed E-state index contributed by atoms with van der Waals surface area (Å²) in [7, 11) is -3.67. The molecule has 6 nitrogen and oxygen atoms in total. The summed E-state index contributed by atoms with van der Waals surface area (Å²) < 4.78 is 32.4. The molecule has 0 unspecified atom stereocenters. The van der Waals surface area contributed by atoms with Crippen molar-refractivity contribution in [1.29, 1.82) is 0 Å². The van der Waals surface area contributed by atoms with Gasteiger partial charge in [0.15, 0.2) is 0 Å². The van der Waals surface area contributed by atoms with Gasteiger partial charge >= 0.3 is 0 Å². The van der Waals surface area contributed by atoms with Crippen LogP contribution >= 0.6 is 34.5 Å². The first kappa shape index (κ1) is 18.6. The molecule has 10 heteroatoms. The van der Waals surface area contributed by atoms with Gasteiger partial charge in [0.25, 0.3) is 5.91 Å². The summed E-state index contributed by atoms with van der Waals surface area (Å²) in [6.07, 6.45) is 0. The van der Waals surface area contributed by atoms with Crippen molar-refractivity contribution >= 4 is 56.2 Å². The number of carbonyl (C=O) groups excluding carboxylic acids is 1. The Morgan fingerprint density at radius 2 is 1.88 bits per heavy atom. The summed E-state index contributed by atoms with van der Waals surface area (Å²) in [4.78, 5) is 12.7. The lowest BCUT2D eigenvalue weighted by Gasteiger charge is -2.26. The summed E-state index contributed by atoms with van der Waals surface area (Å²) in [6, 6.07) is 7.43. The number of hydrogen-bond acceptors (Lipinski definition) is 5. The van der Waals surface area contributed by atoms with Gasteiger partial charge in [0, 0.05) is 13.1 Å². The maximum Gasteiger partial charge on any atom is 0.265 e. The third-order valence-electron chi connectivity index (χ3n) is 3.59. The predicted octanol–water partition coefficient (Wildman–Crippen LogP) is 3.33. The molecule has 134 valence electrons. The number of carbonyl (C=O) groups is 1. The molecule has 25 heavy (non-hydrogen) atoms. The minimum absolute atomic E-state index is 0.0679. The Morgan fingerprint density at radius 3 is 2.52 bits per heavy atom. The van der Waals surface area contributed by atoms with Crippen molar-refractivity contribution in [2.45, 2.75) is 4.90 Å². The van der Waals surface area contributed by atoms with E-state index in [1.807, 2.05) is 0 Å². The van der Waals surface area contributed by atoms with Crippen LogP contribution in [-0.2, 0) is 14.8 Å². The normalized spacial score (nSPS) is 15.9. The lowest BCUT2D eigenvalue weighted by atomic mass is 10.3. The van der Waals surface area contributed by atoms with E-state index in [0.717, 1.165) is 11.3 Å². The second kappa shape index (κ2) is 7.61. The maximum absolute atomic E-state index is 12.7. The first-order chi connectivity index (χ1) is 11.9. The monoisotopic (exact) mass is 420 g/mol. The fraction of sp³-hybridized carbons (Fsp3) is 0.267. The molecule has 1 aliphatic rings. The van der Waals surface area contributed by atoms with Crippen LogP contribution in [0.1, 0.15) is 9.67 Å². The molecule has 0 saturated carbocycles. The standard InChI is InChI=1S/C15H14Cl2N2O4S2/c16-11-2-1-10(25(21,22)19-5-7-23-8-6-19)9-12(11)18-15(20)13-3-4-14(17)24-13/h1-4,9H,5-8H2,(H,18,20). The van der Waals surface area contributed by atoms with Crippen LogP contribution in [0.3, 0.4) is 0 Å². The highest BCUT2D eigenvalue weighted by atomic mass is 35.5. The number of ether oxygens (including phenoxy) is 1. The van der Waals surface area contributed by atoms with E-state index in [1.165, 1.54) is 22.5 Å². The quantitative estimate of drug-likeness (QED) is 0.822. The number of anilines is 1.